The van der Waals surface area contributed by atoms with Crippen molar-refractivity contribution in [2.45, 2.75) is 6.92 Å². The van der Waals surface area contributed by atoms with Gasteiger partial charge in [-0.15, -0.1) is 0 Å². The molecule has 0 saturated heterocycles. The van der Waals surface area contributed by atoms with Gasteiger partial charge < -0.3 is 0 Å². The number of anilines is 1. The van der Waals surface area contributed by atoms with Crippen LogP contribution >= 0.6 is 11.3 Å². The summed E-state index contributed by atoms with van der Waals surface area (Å²) in [7, 11) is 0. The van der Waals surface area contributed by atoms with Crippen LogP contribution in [-0.4, -0.2) is 20.3 Å². The number of imidazole rings is 1. The number of fused-ring (bicyclic) bond motifs is 2. The van der Waals surface area contributed by atoms with E-state index in [9.17, 15) is 13.6 Å². The minimum Gasteiger partial charge on any atom is -0.296 e. The number of rotatable bonds is 2. The highest BCUT2D eigenvalue weighted by Gasteiger charge is 2.18. The van der Waals surface area contributed by atoms with E-state index in [1.807, 2.05) is 6.07 Å². The van der Waals surface area contributed by atoms with Crippen LogP contribution in [0.4, 0.5) is 13.9 Å². The van der Waals surface area contributed by atoms with Crippen molar-refractivity contribution >= 4 is 38.2 Å². The molecule has 0 fully saturated rings. The molecule has 0 aliphatic heterocycles. The lowest BCUT2D eigenvalue weighted by molar-refractivity contribution is 0.102. The van der Waals surface area contributed by atoms with E-state index in [1.54, 1.807) is 29.7 Å². The molecule has 3 aromatic heterocycles. The van der Waals surface area contributed by atoms with Crippen molar-refractivity contribution in [3.63, 3.8) is 0 Å². The van der Waals surface area contributed by atoms with Crippen LogP contribution in [0.1, 0.15) is 16.2 Å². The Morgan fingerprint density at radius 2 is 2.08 bits per heavy atom. The maximum absolute atomic E-state index is 13.7. The van der Waals surface area contributed by atoms with E-state index in [1.165, 1.54) is 6.07 Å². The van der Waals surface area contributed by atoms with Crippen LogP contribution in [0.2, 0.25) is 0 Å². The highest BCUT2D eigenvalue weighted by atomic mass is 32.1. The summed E-state index contributed by atoms with van der Waals surface area (Å²) in [6.45, 7) is 1.73. The molecule has 0 unspecified atom stereocenters. The quantitative estimate of drug-likeness (QED) is 0.602. The fraction of sp³-hybridized carbons (Fsp3) is 0.0625. The Morgan fingerprint density at radius 1 is 1.25 bits per heavy atom. The molecular weight excluding hydrogens is 334 g/mol. The largest absolute Gasteiger partial charge is 0.296 e. The smallest absolute Gasteiger partial charge is 0.276 e. The van der Waals surface area contributed by atoms with Crippen molar-refractivity contribution in [2.75, 3.05) is 5.32 Å². The van der Waals surface area contributed by atoms with Crippen molar-refractivity contribution in [2.24, 2.45) is 0 Å². The van der Waals surface area contributed by atoms with Gasteiger partial charge in [0.2, 0.25) is 0 Å². The first-order chi connectivity index (χ1) is 11.5. The summed E-state index contributed by atoms with van der Waals surface area (Å²) in [6, 6.07) is 7.36. The van der Waals surface area contributed by atoms with Crippen molar-refractivity contribution in [1.29, 1.82) is 0 Å². The average molecular weight is 344 g/mol. The Morgan fingerprint density at radius 3 is 2.92 bits per heavy atom. The van der Waals surface area contributed by atoms with Gasteiger partial charge in [0.25, 0.3) is 5.91 Å². The van der Waals surface area contributed by atoms with Gasteiger partial charge in [0, 0.05) is 12.3 Å². The molecule has 5 nitrogen and oxygen atoms in total. The molecule has 1 amide bonds. The summed E-state index contributed by atoms with van der Waals surface area (Å²) >= 11 is 1.01. The summed E-state index contributed by atoms with van der Waals surface area (Å²) < 4.78 is 29.0. The lowest BCUT2D eigenvalue weighted by Crippen LogP contribution is -2.15. The standard InChI is InChI=1S/C16H10F2N4OS/c1-8-14(22-5-3-2-4-12(22)19-8)15(23)21-16-20-13-10(18)6-9(17)7-11(13)24-16/h2-7H,1H3,(H,20,21,23). The molecule has 4 aromatic rings. The Bertz CT molecular complexity index is 1100. The van der Waals surface area contributed by atoms with Crippen LogP contribution in [0.5, 0.6) is 0 Å². The minimum atomic E-state index is -0.757. The van der Waals surface area contributed by atoms with Crippen molar-refractivity contribution in [1.82, 2.24) is 14.4 Å². The molecule has 0 spiro atoms. The van der Waals surface area contributed by atoms with Gasteiger partial charge in [-0.05, 0) is 25.1 Å². The van der Waals surface area contributed by atoms with Crippen LogP contribution in [-0.2, 0) is 0 Å². The molecular formula is C16H10F2N4OS. The zero-order valence-corrected chi connectivity index (χ0v) is 13.2. The zero-order chi connectivity index (χ0) is 16.8. The Hall–Kier alpha value is -2.87. The second-order valence-electron chi connectivity index (χ2n) is 5.18. The van der Waals surface area contributed by atoms with Crippen LogP contribution in [0.15, 0.2) is 36.5 Å². The van der Waals surface area contributed by atoms with E-state index in [2.05, 4.69) is 15.3 Å². The third kappa shape index (κ3) is 2.31. The van der Waals surface area contributed by atoms with E-state index in [0.717, 1.165) is 17.4 Å². The van der Waals surface area contributed by atoms with Gasteiger partial charge in [0.1, 0.15) is 22.7 Å². The second kappa shape index (κ2) is 5.34. The minimum absolute atomic E-state index is 0.0339. The number of benzene rings is 1. The summed E-state index contributed by atoms with van der Waals surface area (Å²) in [5.41, 5.74) is 1.62. The number of halogens is 2. The number of hydrogen-bond acceptors (Lipinski definition) is 4. The van der Waals surface area contributed by atoms with Crippen LogP contribution < -0.4 is 5.32 Å². The molecule has 120 valence electrons. The average Bonchev–Trinajstić information content (AvgIpc) is 3.06. The maximum atomic E-state index is 13.7. The van der Waals surface area contributed by atoms with E-state index in [-0.39, 0.29) is 10.6 Å². The molecule has 0 bridgehead atoms. The molecule has 0 aliphatic carbocycles. The molecule has 0 saturated carbocycles. The SMILES string of the molecule is Cc1nc2ccccn2c1C(=O)Nc1nc2c(F)cc(F)cc2s1. The third-order valence-corrected chi connectivity index (χ3v) is 4.47. The van der Waals surface area contributed by atoms with Gasteiger partial charge in [0.05, 0.1) is 10.4 Å². The fourth-order valence-corrected chi connectivity index (χ4v) is 3.45. The summed E-state index contributed by atoms with van der Waals surface area (Å²) in [6.07, 6.45) is 1.73. The van der Waals surface area contributed by atoms with Crippen LogP contribution in [0, 0.1) is 18.6 Å². The van der Waals surface area contributed by atoms with Gasteiger partial charge in [-0.25, -0.2) is 18.7 Å². The normalized spacial score (nSPS) is 11.3. The van der Waals surface area contributed by atoms with Gasteiger partial charge in [0.15, 0.2) is 10.9 Å². The topological polar surface area (TPSA) is 59.3 Å². The molecule has 24 heavy (non-hydrogen) atoms. The zero-order valence-electron chi connectivity index (χ0n) is 12.4. The predicted octanol–water partition coefficient (Wildman–Crippen LogP) is 3.78. The first kappa shape index (κ1) is 14.7. The summed E-state index contributed by atoms with van der Waals surface area (Å²) in [5.74, 6) is -1.85. The van der Waals surface area contributed by atoms with Gasteiger partial charge in [-0.1, -0.05) is 17.4 Å². The molecule has 0 atom stereocenters. The Kier molecular flexibility index (Phi) is 3.27. The summed E-state index contributed by atoms with van der Waals surface area (Å²) in [4.78, 5) is 20.9. The van der Waals surface area contributed by atoms with Crippen molar-refractivity contribution in [3.8, 4) is 0 Å². The molecule has 0 aliphatic rings. The number of thiazole rings is 1. The second-order valence-corrected chi connectivity index (χ2v) is 6.21. The third-order valence-electron chi connectivity index (χ3n) is 3.55. The molecule has 1 aromatic carbocycles. The first-order valence-corrected chi connectivity index (χ1v) is 7.85. The van der Waals surface area contributed by atoms with Crippen molar-refractivity contribution < 1.29 is 13.6 Å². The van der Waals surface area contributed by atoms with E-state index < -0.39 is 17.5 Å². The van der Waals surface area contributed by atoms with E-state index >= 15 is 0 Å². The molecule has 1 N–H and O–H groups in total. The highest BCUT2D eigenvalue weighted by Crippen LogP contribution is 2.29. The molecule has 3 heterocycles. The van der Waals surface area contributed by atoms with E-state index in [4.69, 9.17) is 0 Å². The molecule has 0 radical (unpaired) electrons. The fourth-order valence-electron chi connectivity index (χ4n) is 2.55. The van der Waals surface area contributed by atoms with Crippen LogP contribution in [0.25, 0.3) is 15.9 Å². The number of nitrogens with one attached hydrogen (secondary N) is 1. The maximum Gasteiger partial charge on any atom is 0.276 e. The summed E-state index contributed by atoms with van der Waals surface area (Å²) in [5, 5.41) is 2.83. The Labute approximate surface area is 138 Å². The number of aromatic nitrogens is 3. The molecule has 8 heteroatoms. The molecule has 4 rings (SSSR count). The number of aryl methyl sites for hydroxylation is 1. The number of nitrogens with zero attached hydrogens (tertiary/aromatic N) is 3. The van der Waals surface area contributed by atoms with Gasteiger partial charge in [-0.2, -0.15) is 0 Å². The number of carbonyl (C=O) groups is 1. The van der Waals surface area contributed by atoms with Gasteiger partial charge in [-0.3, -0.25) is 14.5 Å². The monoisotopic (exact) mass is 344 g/mol. The number of carbonyl (C=O) groups excluding carboxylic acids is 1. The Balaban J connectivity index is 1.73. The van der Waals surface area contributed by atoms with Crippen LogP contribution in [0.3, 0.4) is 0 Å². The highest BCUT2D eigenvalue weighted by molar-refractivity contribution is 7.22. The number of pyridine rings is 1. The lowest BCUT2D eigenvalue weighted by atomic mass is 10.3. The number of hydrogen-bond donors (Lipinski definition) is 1. The first-order valence-electron chi connectivity index (χ1n) is 7.03. The number of amides is 1. The van der Waals surface area contributed by atoms with Gasteiger partial charge >= 0.3 is 0 Å². The van der Waals surface area contributed by atoms with E-state index in [0.29, 0.717) is 21.7 Å². The van der Waals surface area contributed by atoms with Crippen molar-refractivity contribution in [3.05, 3.63) is 59.6 Å². The lowest BCUT2D eigenvalue weighted by Gasteiger charge is -2.02. The predicted molar refractivity (Wildman–Crippen MR) is 87.4 cm³/mol.